The zero-order valence-electron chi connectivity index (χ0n) is 10.7. The average molecular weight is 375 g/mol. The minimum atomic E-state index is -0.0511. The SMILES string of the molecule is O=C(c1ccc(I)c(O)c1)N(CCCO)C1CCC1. The summed E-state index contributed by atoms with van der Waals surface area (Å²) in [4.78, 5) is 14.3. The number of rotatable bonds is 5. The number of carbonyl (C=O) groups excluding carboxylic acids is 1. The molecule has 0 heterocycles. The van der Waals surface area contributed by atoms with Crippen molar-refractivity contribution in [2.75, 3.05) is 13.2 Å². The number of amides is 1. The molecule has 1 aromatic carbocycles. The highest BCUT2D eigenvalue weighted by Gasteiger charge is 2.29. The van der Waals surface area contributed by atoms with Crippen molar-refractivity contribution in [2.24, 2.45) is 0 Å². The van der Waals surface area contributed by atoms with Gasteiger partial charge in [-0.1, -0.05) is 0 Å². The third-order valence-electron chi connectivity index (χ3n) is 3.53. The lowest BCUT2D eigenvalue weighted by Crippen LogP contribution is -2.44. The standard InChI is InChI=1S/C14H18INO3/c15-12-6-5-10(9-13(12)18)14(19)16(7-2-8-17)11-3-1-4-11/h5-6,9,11,17-18H,1-4,7-8H2. The van der Waals surface area contributed by atoms with E-state index in [1.807, 2.05) is 27.5 Å². The van der Waals surface area contributed by atoms with Gasteiger partial charge in [0.1, 0.15) is 5.75 Å². The Hall–Kier alpha value is -0.820. The molecule has 1 fully saturated rings. The van der Waals surface area contributed by atoms with Gasteiger partial charge in [0.05, 0.1) is 3.57 Å². The van der Waals surface area contributed by atoms with Crippen LogP contribution in [0.15, 0.2) is 18.2 Å². The van der Waals surface area contributed by atoms with Crippen molar-refractivity contribution in [1.29, 1.82) is 0 Å². The maximum atomic E-state index is 12.5. The van der Waals surface area contributed by atoms with Gasteiger partial charge in [0.2, 0.25) is 0 Å². The molecular weight excluding hydrogens is 357 g/mol. The topological polar surface area (TPSA) is 60.8 Å². The Morgan fingerprint density at radius 2 is 2.16 bits per heavy atom. The number of halogens is 1. The largest absolute Gasteiger partial charge is 0.507 e. The molecule has 2 N–H and O–H groups in total. The fraction of sp³-hybridized carbons (Fsp3) is 0.500. The van der Waals surface area contributed by atoms with E-state index < -0.39 is 0 Å². The van der Waals surface area contributed by atoms with E-state index in [9.17, 15) is 9.90 Å². The van der Waals surface area contributed by atoms with Crippen molar-refractivity contribution >= 4 is 28.5 Å². The monoisotopic (exact) mass is 375 g/mol. The molecule has 0 spiro atoms. The summed E-state index contributed by atoms with van der Waals surface area (Å²) >= 11 is 2.03. The number of carbonyl (C=O) groups is 1. The molecule has 19 heavy (non-hydrogen) atoms. The van der Waals surface area contributed by atoms with Crippen molar-refractivity contribution in [3.63, 3.8) is 0 Å². The van der Waals surface area contributed by atoms with E-state index in [0.29, 0.717) is 24.6 Å². The molecule has 4 nitrogen and oxygen atoms in total. The highest BCUT2D eigenvalue weighted by molar-refractivity contribution is 14.1. The first-order valence-corrected chi connectivity index (χ1v) is 7.61. The van der Waals surface area contributed by atoms with E-state index in [2.05, 4.69) is 0 Å². The Morgan fingerprint density at radius 3 is 2.68 bits per heavy atom. The van der Waals surface area contributed by atoms with Crippen LogP contribution in [-0.4, -0.2) is 40.2 Å². The quantitative estimate of drug-likeness (QED) is 0.777. The Morgan fingerprint density at radius 1 is 1.42 bits per heavy atom. The van der Waals surface area contributed by atoms with Crippen molar-refractivity contribution in [1.82, 2.24) is 4.90 Å². The summed E-state index contributed by atoms with van der Waals surface area (Å²) < 4.78 is 0.736. The number of aromatic hydroxyl groups is 1. The number of phenols is 1. The molecule has 0 bridgehead atoms. The second-order valence-corrected chi connectivity index (χ2v) is 5.99. The summed E-state index contributed by atoms with van der Waals surface area (Å²) in [5.74, 6) is 0.0898. The van der Waals surface area contributed by atoms with Gasteiger partial charge in [0.15, 0.2) is 0 Å². The molecule has 0 saturated heterocycles. The molecule has 0 atom stereocenters. The normalized spacial score (nSPS) is 15.1. The van der Waals surface area contributed by atoms with Crippen LogP contribution in [0, 0.1) is 3.57 Å². The first-order chi connectivity index (χ1) is 9.13. The van der Waals surface area contributed by atoms with Crippen LogP contribution in [0.1, 0.15) is 36.0 Å². The molecule has 1 aliphatic carbocycles. The van der Waals surface area contributed by atoms with Crippen LogP contribution in [0.2, 0.25) is 0 Å². The molecule has 0 unspecified atom stereocenters. The number of hydrogen-bond acceptors (Lipinski definition) is 3. The summed E-state index contributed by atoms with van der Waals surface area (Å²) in [6, 6.07) is 5.30. The highest BCUT2D eigenvalue weighted by atomic mass is 127. The highest BCUT2D eigenvalue weighted by Crippen LogP contribution is 2.28. The van der Waals surface area contributed by atoms with Crippen LogP contribution in [-0.2, 0) is 0 Å². The minimum absolute atomic E-state index is 0.0511. The van der Waals surface area contributed by atoms with Crippen LogP contribution >= 0.6 is 22.6 Å². The number of aliphatic hydroxyl groups excluding tert-OH is 1. The van der Waals surface area contributed by atoms with Gasteiger partial charge in [-0.15, -0.1) is 0 Å². The number of phenolic OH excluding ortho intramolecular Hbond substituents is 1. The Kier molecular flexibility index (Phi) is 5.04. The number of aliphatic hydroxyl groups is 1. The molecule has 104 valence electrons. The Labute approximate surface area is 126 Å². The van der Waals surface area contributed by atoms with E-state index in [4.69, 9.17) is 5.11 Å². The van der Waals surface area contributed by atoms with Crippen LogP contribution in [0.4, 0.5) is 0 Å². The third kappa shape index (κ3) is 3.39. The maximum Gasteiger partial charge on any atom is 0.254 e. The van der Waals surface area contributed by atoms with Crippen molar-refractivity contribution in [3.8, 4) is 5.75 Å². The summed E-state index contributed by atoms with van der Waals surface area (Å²) in [6.07, 6.45) is 3.82. The van der Waals surface area contributed by atoms with Gasteiger partial charge in [-0.05, 0) is 66.5 Å². The van der Waals surface area contributed by atoms with Crippen molar-refractivity contribution < 1.29 is 15.0 Å². The maximum absolute atomic E-state index is 12.5. The van der Waals surface area contributed by atoms with Gasteiger partial charge < -0.3 is 15.1 Å². The Balaban J connectivity index is 2.15. The lowest BCUT2D eigenvalue weighted by atomic mass is 9.90. The summed E-state index contributed by atoms with van der Waals surface area (Å²) in [6.45, 7) is 0.668. The van der Waals surface area contributed by atoms with Gasteiger partial charge in [-0.2, -0.15) is 0 Å². The van der Waals surface area contributed by atoms with E-state index in [1.54, 1.807) is 12.1 Å². The zero-order valence-corrected chi connectivity index (χ0v) is 12.8. The van der Waals surface area contributed by atoms with E-state index >= 15 is 0 Å². The lowest BCUT2D eigenvalue weighted by molar-refractivity contribution is 0.0562. The van der Waals surface area contributed by atoms with Crippen LogP contribution in [0.25, 0.3) is 0 Å². The second-order valence-electron chi connectivity index (χ2n) is 4.83. The summed E-state index contributed by atoms with van der Waals surface area (Å²) in [5.41, 5.74) is 0.516. The molecule has 0 aromatic heterocycles. The molecule has 0 aliphatic heterocycles. The van der Waals surface area contributed by atoms with Crippen LogP contribution in [0.5, 0.6) is 5.75 Å². The second kappa shape index (κ2) is 6.56. The summed E-state index contributed by atoms with van der Waals surface area (Å²) in [5, 5.41) is 18.6. The smallest absolute Gasteiger partial charge is 0.254 e. The fourth-order valence-corrected chi connectivity index (χ4v) is 2.54. The molecule has 2 rings (SSSR count). The Bertz CT molecular complexity index is 460. The molecule has 1 aliphatic rings. The minimum Gasteiger partial charge on any atom is -0.507 e. The number of hydrogen-bond donors (Lipinski definition) is 2. The van der Waals surface area contributed by atoms with E-state index in [-0.39, 0.29) is 18.3 Å². The molecule has 1 amide bonds. The van der Waals surface area contributed by atoms with E-state index in [0.717, 1.165) is 22.8 Å². The predicted octanol–water partition coefficient (Wildman–Crippen LogP) is 2.37. The third-order valence-corrected chi connectivity index (χ3v) is 4.44. The van der Waals surface area contributed by atoms with Crippen molar-refractivity contribution in [3.05, 3.63) is 27.3 Å². The molecule has 1 saturated carbocycles. The zero-order chi connectivity index (χ0) is 13.8. The van der Waals surface area contributed by atoms with Gasteiger partial charge in [0, 0.05) is 24.8 Å². The van der Waals surface area contributed by atoms with Gasteiger partial charge in [0.25, 0.3) is 5.91 Å². The molecule has 1 aromatic rings. The van der Waals surface area contributed by atoms with Gasteiger partial charge in [-0.25, -0.2) is 0 Å². The first kappa shape index (κ1) is 14.6. The number of benzene rings is 1. The molecular formula is C14H18INO3. The molecule has 5 heteroatoms. The van der Waals surface area contributed by atoms with Crippen LogP contribution < -0.4 is 0 Å². The van der Waals surface area contributed by atoms with Gasteiger partial charge >= 0.3 is 0 Å². The van der Waals surface area contributed by atoms with Gasteiger partial charge in [-0.3, -0.25) is 4.79 Å². The summed E-state index contributed by atoms with van der Waals surface area (Å²) in [7, 11) is 0. The molecule has 0 radical (unpaired) electrons. The van der Waals surface area contributed by atoms with Crippen molar-refractivity contribution in [2.45, 2.75) is 31.7 Å². The first-order valence-electron chi connectivity index (χ1n) is 6.54. The predicted molar refractivity (Wildman–Crippen MR) is 81.2 cm³/mol. The average Bonchev–Trinajstić information content (AvgIpc) is 2.34. The van der Waals surface area contributed by atoms with Crippen LogP contribution in [0.3, 0.4) is 0 Å². The lowest BCUT2D eigenvalue weighted by Gasteiger charge is -2.37. The number of nitrogens with zero attached hydrogens (tertiary/aromatic N) is 1. The van der Waals surface area contributed by atoms with E-state index in [1.165, 1.54) is 6.07 Å². The fourth-order valence-electron chi connectivity index (χ4n) is 2.20.